The lowest BCUT2D eigenvalue weighted by Crippen LogP contribution is -2.13. The number of aryl methyl sites for hydroxylation is 3. The van der Waals surface area contributed by atoms with Crippen molar-refractivity contribution >= 4 is 11.6 Å². The Bertz CT molecular complexity index is 733. The van der Waals surface area contributed by atoms with Gasteiger partial charge in [-0.2, -0.15) is 0 Å². The van der Waals surface area contributed by atoms with Gasteiger partial charge in [0.1, 0.15) is 5.75 Å². The molecule has 3 rings (SSSR count). The van der Waals surface area contributed by atoms with E-state index in [4.69, 9.17) is 4.74 Å². The molecule has 0 heterocycles. The highest BCUT2D eigenvalue weighted by atomic mass is 16.5. The topological polar surface area (TPSA) is 38.3 Å². The Hall–Kier alpha value is -2.29. The summed E-state index contributed by atoms with van der Waals surface area (Å²) in [5.74, 6) is 0.982. The highest BCUT2D eigenvalue weighted by molar-refractivity contribution is 5.91. The zero-order chi connectivity index (χ0) is 17.6. The van der Waals surface area contributed by atoms with E-state index >= 15 is 0 Å². The zero-order valence-electron chi connectivity index (χ0n) is 15.2. The molecule has 2 aromatic rings. The predicted molar refractivity (Wildman–Crippen MR) is 102 cm³/mol. The van der Waals surface area contributed by atoms with Crippen LogP contribution in [0.5, 0.6) is 5.75 Å². The second kappa shape index (κ2) is 8.19. The van der Waals surface area contributed by atoms with Crippen molar-refractivity contribution < 1.29 is 9.53 Å². The van der Waals surface area contributed by atoms with Gasteiger partial charge in [-0.1, -0.05) is 24.3 Å². The smallest absolute Gasteiger partial charge is 0.224 e. The lowest BCUT2D eigenvalue weighted by atomic mass is 10.1. The Morgan fingerprint density at radius 1 is 1.12 bits per heavy atom. The number of hydrogen-bond donors (Lipinski definition) is 1. The third kappa shape index (κ3) is 5.09. The number of hydrogen-bond acceptors (Lipinski definition) is 2. The molecule has 0 saturated heterocycles. The molecule has 3 heteroatoms. The molecule has 1 saturated carbocycles. The molecule has 0 bridgehead atoms. The van der Waals surface area contributed by atoms with Gasteiger partial charge < -0.3 is 10.1 Å². The number of nitrogens with one attached hydrogen (secondary N) is 1. The first-order chi connectivity index (χ1) is 12.1. The minimum atomic E-state index is 0.0517. The maximum absolute atomic E-state index is 12.3. The Morgan fingerprint density at radius 2 is 1.92 bits per heavy atom. The van der Waals surface area contributed by atoms with Gasteiger partial charge in [0.25, 0.3) is 0 Å². The van der Waals surface area contributed by atoms with Crippen molar-refractivity contribution in [3.8, 4) is 5.75 Å². The number of carbonyl (C=O) groups excluding carboxylic acids is 1. The summed E-state index contributed by atoms with van der Waals surface area (Å²) in [4.78, 5) is 12.3. The molecule has 0 aliphatic heterocycles. The van der Waals surface area contributed by atoms with E-state index in [0.717, 1.165) is 47.4 Å². The van der Waals surface area contributed by atoms with Crippen LogP contribution in [-0.4, -0.2) is 12.0 Å². The Morgan fingerprint density at radius 3 is 2.72 bits per heavy atom. The summed E-state index contributed by atoms with van der Waals surface area (Å²) < 4.78 is 6.05. The van der Waals surface area contributed by atoms with Crippen LogP contribution in [0.4, 0.5) is 5.69 Å². The minimum Gasteiger partial charge on any atom is -0.490 e. The number of anilines is 1. The lowest BCUT2D eigenvalue weighted by molar-refractivity contribution is -0.116. The van der Waals surface area contributed by atoms with Gasteiger partial charge in [-0.05, 0) is 80.8 Å². The fourth-order valence-electron chi connectivity index (χ4n) is 3.31. The molecular formula is C22H27NO2. The van der Waals surface area contributed by atoms with Crippen LogP contribution >= 0.6 is 0 Å². The van der Waals surface area contributed by atoms with Gasteiger partial charge in [-0.3, -0.25) is 4.79 Å². The summed E-state index contributed by atoms with van der Waals surface area (Å²) in [7, 11) is 0. The van der Waals surface area contributed by atoms with E-state index in [1.807, 2.05) is 38.1 Å². The van der Waals surface area contributed by atoms with Crippen molar-refractivity contribution in [2.75, 3.05) is 5.32 Å². The van der Waals surface area contributed by atoms with Crippen LogP contribution in [0.1, 0.15) is 48.8 Å². The van der Waals surface area contributed by atoms with Gasteiger partial charge in [0.15, 0.2) is 0 Å². The van der Waals surface area contributed by atoms with Crippen LogP contribution in [0.3, 0.4) is 0 Å². The minimum absolute atomic E-state index is 0.0517. The molecule has 25 heavy (non-hydrogen) atoms. The molecule has 2 aromatic carbocycles. The van der Waals surface area contributed by atoms with Crippen LogP contribution in [0.15, 0.2) is 42.5 Å². The van der Waals surface area contributed by atoms with Crippen molar-refractivity contribution in [3.05, 3.63) is 59.2 Å². The largest absolute Gasteiger partial charge is 0.490 e. The fraction of sp³-hybridized carbons (Fsp3) is 0.409. The third-order valence-corrected chi connectivity index (χ3v) is 4.81. The summed E-state index contributed by atoms with van der Waals surface area (Å²) in [6, 6.07) is 14.3. The van der Waals surface area contributed by atoms with E-state index in [1.165, 1.54) is 12.8 Å². The first-order valence-electron chi connectivity index (χ1n) is 9.23. The number of amides is 1. The SMILES string of the molecule is Cc1ccc(C)c(NC(=O)CCc2cccc(OC3CCCC3)c2)c1. The molecule has 0 radical (unpaired) electrons. The van der Waals surface area contributed by atoms with Crippen molar-refractivity contribution in [2.45, 2.75) is 58.5 Å². The van der Waals surface area contributed by atoms with Crippen molar-refractivity contribution in [1.29, 1.82) is 0 Å². The molecule has 1 N–H and O–H groups in total. The average Bonchev–Trinajstić information content (AvgIpc) is 3.10. The van der Waals surface area contributed by atoms with Crippen molar-refractivity contribution in [1.82, 2.24) is 0 Å². The maximum atomic E-state index is 12.3. The number of rotatable bonds is 6. The van der Waals surface area contributed by atoms with Crippen LogP contribution in [0.2, 0.25) is 0 Å². The van der Waals surface area contributed by atoms with Gasteiger partial charge in [-0.25, -0.2) is 0 Å². The molecule has 0 unspecified atom stereocenters. The number of carbonyl (C=O) groups is 1. The highest BCUT2D eigenvalue weighted by Crippen LogP contribution is 2.25. The van der Waals surface area contributed by atoms with E-state index < -0.39 is 0 Å². The molecule has 3 nitrogen and oxygen atoms in total. The summed E-state index contributed by atoms with van der Waals surface area (Å²) in [5, 5.41) is 3.02. The molecule has 1 aliphatic carbocycles. The third-order valence-electron chi connectivity index (χ3n) is 4.81. The van der Waals surface area contributed by atoms with E-state index in [-0.39, 0.29) is 5.91 Å². The van der Waals surface area contributed by atoms with Crippen LogP contribution in [0.25, 0.3) is 0 Å². The zero-order valence-corrected chi connectivity index (χ0v) is 15.2. The van der Waals surface area contributed by atoms with E-state index in [2.05, 4.69) is 23.5 Å². The highest BCUT2D eigenvalue weighted by Gasteiger charge is 2.16. The van der Waals surface area contributed by atoms with Gasteiger partial charge in [0, 0.05) is 12.1 Å². The van der Waals surface area contributed by atoms with E-state index in [9.17, 15) is 4.79 Å². The predicted octanol–water partition coefficient (Wildman–Crippen LogP) is 5.20. The molecule has 1 aliphatic rings. The number of ether oxygens (including phenoxy) is 1. The quantitative estimate of drug-likeness (QED) is 0.787. The summed E-state index contributed by atoms with van der Waals surface area (Å²) in [5.41, 5.74) is 4.29. The normalized spacial score (nSPS) is 14.5. The fourth-order valence-corrected chi connectivity index (χ4v) is 3.31. The summed E-state index contributed by atoms with van der Waals surface area (Å²) >= 11 is 0. The monoisotopic (exact) mass is 337 g/mol. The van der Waals surface area contributed by atoms with E-state index in [1.54, 1.807) is 0 Å². The van der Waals surface area contributed by atoms with Gasteiger partial charge in [0.2, 0.25) is 5.91 Å². The van der Waals surface area contributed by atoms with Crippen LogP contribution < -0.4 is 10.1 Å². The maximum Gasteiger partial charge on any atom is 0.224 e. The van der Waals surface area contributed by atoms with Crippen LogP contribution in [0, 0.1) is 13.8 Å². The average molecular weight is 337 g/mol. The van der Waals surface area contributed by atoms with Crippen molar-refractivity contribution in [2.24, 2.45) is 0 Å². The molecule has 0 atom stereocenters. The lowest BCUT2D eigenvalue weighted by Gasteiger charge is -2.14. The van der Waals surface area contributed by atoms with Gasteiger partial charge in [-0.15, -0.1) is 0 Å². The first kappa shape index (κ1) is 17.5. The molecule has 1 amide bonds. The second-order valence-electron chi connectivity index (χ2n) is 7.04. The van der Waals surface area contributed by atoms with Gasteiger partial charge >= 0.3 is 0 Å². The van der Waals surface area contributed by atoms with E-state index in [0.29, 0.717) is 12.5 Å². The van der Waals surface area contributed by atoms with Gasteiger partial charge in [0.05, 0.1) is 6.10 Å². The Labute approximate surface area is 150 Å². The molecule has 0 aromatic heterocycles. The first-order valence-corrected chi connectivity index (χ1v) is 9.23. The van der Waals surface area contributed by atoms with Crippen molar-refractivity contribution in [3.63, 3.8) is 0 Å². The Balaban J connectivity index is 1.54. The summed E-state index contributed by atoms with van der Waals surface area (Å²) in [6.45, 7) is 4.05. The molecular weight excluding hydrogens is 310 g/mol. The second-order valence-corrected chi connectivity index (χ2v) is 7.04. The van der Waals surface area contributed by atoms with Crippen LogP contribution in [-0.2, 0) is 11.2 Å². The molecule has 1 fully saturated rings. The summed E-state index contributed by atoms with van der Waals surface area (Å²) in [6.07, 6.45) is 6.40. The molecule has 132 valence electrons. The Kier molecular flexibility index (Phi) is 5.75. The standard InChI is InChI=1S/C22H27NO2/c1-16-10-11-17(2)21(14-16)23-22(24)13-12-18-6-5-9-20(15-18)25-19-7-3-4-8-19/h5-6,9-11,14-15,19H,3-4,7-8,12-13H2,1-2H3,(H,23,24). The number of benzene rings is 2. The molecule has 0 spiro atoms.